The molecule has 0 saturated heterocycles. The van der Waals surface area contributed by atoms with Gasteiger partial charge in [-0.15, -0.1) is 0 Å². The molecular formula is C9H6Cl2N2S2. The Morgan fingerprint density at radius 3 is 2.80 bits per heavy atom. The van der Waals surface area contributed by atoms with Crippen LogP contribution in [0.25, 0.3) is 0 Å². The van der Waals surface area contributed by atoms with Crippen LogP contribution in [0.3, 0.4) is 0 Å². The Morgan fingerprint density at radius 2 is 2.20 bits per heavy atom. The normalized spacial score (nSPS) is 10.5. The van der Waals surface area contributed by atoms with Gasteiger partial charge in [0.05, 0.1) is 0 Å². The van der Waals surface area contributed by atoms with Crippen LogP contribution in [0.4, 0.5) is 0 Å². The van der Waals surface area contributed by atoms with E-state index in [4.69, 9.17) is 35.4 Å². The fraction of sp³-hybridized carbons (Fsp3) is 0.111. The minimum Gasteiger partial charge on any atom is -0.296 e. The highest BCUT2D eigenvalue weighted by molar-refractivity contribution is 7.73. The lowest BCUT2D eigenvalue weighted by molar-refractivity contribution is 1.03. The number of aromatic nitrogens is 2. The summed E-state index contributed by atoms with van der Waals surface area (Å²) in [6.45, 7) is 0. The average molecular weight is 277 g/mol. The van der Waals surface area contributed by atoms with E-state index in [9.17, 15) is 0 Å². The number of H-pyrrole nitrogens is 1. The lowest BCUT2D eigenvalue weighted by Crippen LogP contribution is -1.91. The number of hydrogen-bond acceptors (Lipinski definition) is 3. The Hall–Kier alpha value is -0.420. The third kappa shape index (κ3) is 2.78. The fourth-order valence-electron chi connectivity index (χ4n) is 1.18. The zero-order valence-corrected chi connectivity index (χ0v) is 10.6. The van der Waals surface area contributed by atoms with Crippen molar-refractivity contribution >= 4 is 47.0 Å². The van der Waals surface area contributed by atoms with E-state index in [1.807, 2.05) is 12.1 Å². The zero-order valence-electron chi connectivity index (χ0n) is 7.46. The van der Waals surface area contributed by atoms with Crippen molar-refractivity contribution < 1.29 is 0 Å². The van der Waals surface area contributed by atoms with Crippen LogP contribution in [0, 0.1) is 3.95 Å². The van der Waals surface area contributed by atoms with Gasteiger partial charge in [0.15, 0.2) is 3.95 Å². The second-order valence-corrected chi connectivity index (χ2v) is 5.22. The van der Waals surface area contributed by atoms with Gasteiger partial charge < -0.3 is 0 Å². The average Bonchev–Trinajstić information content (AvgIpc) is 2.56. The monoisotopic (exact) mass is 276 g/mol. The Bertz CT molecular complexity index is 533. The van der Waals surface area contributed by atoms with E-state index in [0.29, 0.717) is 20.4 Å². The lowest BCUT2D eigenvalue weighted by Gasteiger charge is -2.01. The molecule has 1 N–H and O–H groups in total. The first kappa shape index (κ1) is 11.1. The summed E-state index contributed by atoms with van der Waals surface area (Å²) >= 11 is 18.1. The molecule has 0 aliphatic carbocycles. The zero-order chi connectivity index (χ0) is 10.8. The van der Waals surface area contributed by atoms with Crippen molar-refractivity contribution in [1.29, 1.82) is 0 Å². The molecule has 0 unspecified atom stereocenters. The number of rotatable bonds is 2. The molecule has 78 valence electrons. The van der Waals surface area contributed by atoms with E-state index in [2.05, 4.69) is 9.36 Å². The number of aromatic amines is 1. The second-order valence-electron chi connectivity index (χ2n) is 2.94. The summed E-state index contributed by atoms with van der Waals surface area (Å²) in [6.07, 6.45) is 0.642. The van der Waals surface area contributed by atoms with E-state index in [1.54, 1.807) is 6.07 Å². The van der Waals surface area contributed by atoms with E-state index in [-0.39, 0.29) is 0 Å². The summed E-state index contributed by atoms with van der Waals surface area (Å²) in [4.78, 5) is 4.16. The molecule has 0 amide bonds. The molecule has 0 aliphatic rings. The number of nitrogens with zero attached hydrogens (tertiary/aromatic N) is 1. The Labute approximate surface area is 106 Å². The highest BCUT2D eigenvalue weighted by Gasteiger charge is 2.04. The first-order valence-electron chi connectivity index (χ1n) is 4.13. The molecule has 0 radical (unpaired) electrons. The molecular weight excluding hydrogens is 271 g/mol. The minimum atomic E-state index is 0.607. The van der Waals surface area contributed by atoms with Gasteiger partial charge in [0.2, 0.25) is 0 Å². The molecule has 0 saturated carbocycles. The van der Waals surface area contributed by atoms with Gasteiger partial charge in [0, 0.05) is 16.5 Å². The minimum absolute atomic E-state index is 0.607. The SMILES string of the molecule is S=c1nc(Cc2ccc(Cl)cc2Cl)[nH]s1. The van der Waals surface area contributed by atoms with Gasteiger partial charge in [-0.1, -0.05) is 29.3 Å². The quantitative estimate of drug-likeness (QED) is 0.837. The summed E-state index contributed by atoms with van der Waals surface area (Å²) < 4.78 is 3.64. The summed E-state index contributed by atoms with van der Waals surface area (Å²) in [5.41, 5.74) is 0.984. The number of hydrogen-bond donors (Lipinski definition) is 1. The van der Waals surface area contributed by atoms with Gasteiger partial charge >= 0.3 is 0 Å². The summed E-state index contributed by atoms with van der Waals surface area (Å²) in [5.74, 6) is 0.828. The van der Waals surface area contributed by atoms with Gasteiger partial charge in [-0.05, 0) is 41.4 Å². The van der Waals surface area contributed by atoms with Crippen LogP contribution in [0.2, 0.25) is 10.0 Å². The van der Waals surface area contributed by atoms with E-state index < -0.39 is 0 Å². The van der Waals surface area contributed by atoms with Crippen LogP contribution in [-0.2, 0) is 6.42 Å². The number of benzene rings is 1. The molecule has 15 heavy (non-hydrogen) atoms. The molecule has 0 aliphatic heterocycles. The van der Waals surface area contributed by atoms with Crippen molar-refractivity contribution in [2.24, 2.45) is 0 Å². The predicted molar refractivity (Wildman–Crippen MR) is 66.6 cm³/mol. The summed E-state index contributed by atoms with van der Waals surface area (Å²) in [7, 11) is 0. The van der Waals surface area contributed by atoms with E-state index in [1.165, 1.54) is 11.5 Å². The highest BCUT2D eigenvalue weighted by Crippen LogP contribution is 2.22. The fourth-order valence-corrected chi connectivity index (χ4v) is 2.37. The van der Waals surface area contributed by atoms with Crippen LogP contribution >= 0.6 is 47.0 Å². The maximum Gasteiger partial charge on any atom is 0.198 e. The molecule has 2 nitrogen and oxygen atoms in total. The Kier molecular flexibility index (Phi) is 3.41. The molecule has 6 heteroatoms. The molecule has 0 bridgehead atoms. The topological polar surface area (TPSA) is 28.7 Å². The van der Waals surface area contributed by atoms with Crippen LogP contribution in [0.1, 0.15) is 11.4 Å². The molecule has 1 aromatic carbocycles. The molecule has 1 aromatic heterocycles. The van der Waals surface area contributed by atoms with E-state index >= 15 is 0 Å². The van der Waals surface area contributed by atoms with Crippen LogP contribution < -0.4 is 0 Å². The third-order valence-corrected chi connectivity index (χ3v) is 3.39. The smallest absolute Gasteiger partial charge is 0.198 e. The molecule has 0 spiro atoms. The maximum atomic E-state index is 6.04. The molecule has 2 rings (SSSR count). The standard InChI is InChI=1S/C9H6Cl2N2S2/c10-6-2-1-5(7(11)4-6)3-8-12-9(14)15-13-8/h1-2,4H,3H2,(H,12,13,14). The van der Waals surface area contributed by atoms with Gasteiger partial charge in [-0.3, -0.25) is 4.37 Å². The largest absolute Gasteiger partial charge is 0.296 e. The first-order chi connectivity index (χ1) is 7.15. The van der Waals surface area contributed by atoms with Gasteiger partial charge in [0.25, 0.3) is 0 Å². The molecule has 0 fully saturated rings. The van der Waals surface area contributed by atoms with Crippen molar-refractivity contribution in [2.75, 3.05) is 0 Å². The first-order valence-corrected chi connectivity index (χ1v) is 6.11. The predicted octanol–water partition coefficient (Wildman–Crippen LogP) is 4.10. The second kappa shape index (κ2) is 4.61. The summed E-state index contributed by atoms with van der Waals surface area (Å²) in [5, 5.41) is 1.28. The van der Waals surface area contributed by atoms with Crippen LogP contribution in [0.5, 0.6) is 0 Å². The van der Waals surface area contributed by atoms with Crippen molar-refractivity contribution in [3.8, 4) is 0 Å². The Morgan fingerprint density at radius 1 is 1.40 bits per heavy atom. The van der Waals surface area contributed by atoms with Crippen molar-refractivity contribution in [3.63, 3.8) is 0 Å². The highest BCUT2D eigenvalue weighted by atomic mass is 35.5. The lowest BCUT2D eigenvalue weighted by atomic mass is 10.1. The molecule has 0 atom stereocenters. The van der Waals surface area contributed by atoms with Crippen LogP contribution in [0.15, 0.2) is 18.2 Å². The number of nitrogens with one attached hydrogen (secondary N) is 1. The van der Waals surface area contributed by atoms with Crippen molar-refractivity contribution in [1.82, 2.24) is 9.36 Å². The summed E-state index contributed by atoms with van der Waals surface area (Å²) in [6, 6.07) is 5.42. The molecule has 1 heterocycles. The van der Waals surface area contributed by atoms with Crippen molar-refractivity contribution in [2.45, 2.75) is 6.42 Å². The van der Waals surface area contributed by atoms with Crippen molar-refractivity contribution in [3.05, 3.63) is 43.6 Å². The van der Waals surface area contributed by atoms with Crippen LogP contribution in [-0.4, -0.2) is 9.36 Å². The van der Waals surface area contributed by atoms with Gasteiger partial charge in [-0.2, -0.15) is 0 Å². The third-order valence-electron chi connectivity index (χ3n) is 1.86. The Balaban J connectivity index is 2.28. The maximum absolute atomic E-state index is 6.04. The van der Waals surface area contributed by atoms with Gasteiger partial charge in [0.1, 0.15) is 5.82 Å². The molecule has 2 aromatic rings. The van der Waals surface area contributed by atoms with Gasteiger partial charge in [-0.25, -0.2) is 4.98 Å². The van der Waals surface area contributed by atoms with E-state index in [0.717, 1.165) is 11.4 Å². The number of halogens is 2.